The minimum atomic E-state index is -0.732. The molecule has 0 fully saturated rings. The average Bonchev–Trinajstić information content (AvgIpc) is 2.35. The first-order valence-electron chi connectivity index (χ1n) is 5.71. The summed E-state index contributed by atoms with van der Waals surface area (Å²) < 4.78 is 16.6. The van der Waals surface area contributed by atoms with Crippen molar-refractivity contribution in [1.29, 1.82) is 0 Å². The summed E-state index contributed by atoms with van der Waals surface area (Å²) in [6.45, 7) is 4.08. The molecule has 5 heteroatoms. The van der Waals surface area contributed by atoms with Crippen LogP contribution in [-0.2, 0) is 4.74 Å². The molecule has 1 aromatic carbocycles. The number of ether oxygens (including phenoxy) is 3. The highest BCUT2D eigenvalue weighted by Gasteiger charge is 2.19. The van der Waals surface area contributed by atoms with Gasteiger partial charge < -0.3 is 19.3 Å². The summed E-state index contributed by atoms with van der Waals surface area (Å²) in [6, 6.07) is 3.55. The summed E-state index contributed by atoms with van der Waals surface area (Å²) in [4.78, 5) is 0. The zero-order chi connectivity index (χ0) is 13.7. The second kappa shape index (κ2) is 6.97. The van der Waals surface area contributed by atoms with Crippen LogP contribution in [0.15, 0.2) is 16.6 Å². The molecule has 1 rings (SSSR count). The second-order valence-corrected chi connectivity index (χ2v) is 4.90. The first-order valence-corrected chi connectivity index (χ1v) is 6.50. The molecule has 1 unspecified atom stereocenters. The van der Waals surface area contributed by atoms with Crippen LogP contribution >= 0.6 is 15.9 Å². The Labute approximate surface area is 116 Å². The SMILES string of the molecule is COc1ccc(C(O)COC(C)C)c(OC)c1Br. The van der Waals surface area contributed by atoms with Crippen LogP contribution in [0, 0.1) is 0 Å². The van der Waals surface area contributed by atoms with E-state index in [0.29, 0.717) is 21.5 Å². The van der Waals surface area contributed by atoms with Gasteiger partial charge in [0.05, 0.1) is 26.9 Å². The molecule has 0 spiro atoms. The molecule has 18 heavy (non-hydrogen) atoms. The van der Waals surface area contributed by atoms with Gasteiger partial charge in [-0.2, -0.15) is 0 Å². The Morgan fingerprint density at radius 1 is 1.22 bits per heavy atom. The summed E-state index contributed by atoms with van der Waals surface area (Å²) in [5.41, 5.74) is 0.672. The Kier molecular flexibility index (Phi) is 5.91. The van der Waals surface area contributed by atoms with Gasteiger partial charge in [0.15, 0.2) is 0 Å². The second-order valence-electron chi connectivity index (χ2n) is 4.10. The highest BCUT2D eigenvalue weighted by Crippen LogP contribution is 2.39. The Hall–Kier alpha value is -0.780. The number of rotatable bonds is 6. The monoisotopic (exact) mass is 318 g/mol. The molecule has 0 aliphatic rings. The molecule has 0 aliphatic heterocycles. The summed E-state index contributed by atoms with van der Waals surface area (Å²) in [7, 11) is 3.14. The molecule has 4 nitrogen and oxygen atoms in total. The fraction of sp³-hybridized carbons (Fsp3) is 0.538. The van der Waals surface area contributed by atoms with E-state index in [9.17, 15) is 5.11 Å². The molecule has 0 amide bonds. The lowest BCUT2D eigenvalue weighted by molar-refractivity contribution is 0.00403. The molecular weight excluding hydrogens is 300 g/mol. The number of halogens is 1. The van der Waals surface area contributed by atoms with Gasteiger partial charge in [-0.1, -0.05) is 0 Å². The van der Waals surface area contributed by atoms with Gasteiger partial charge >= 0.3 is 0 Å². The van der Waals surface area contributed by atoms with E-state index in [1.165, 1.54) is 0 Å². The lowest BCUT2D eigenvalue weighted by Crippen LogP contribution is -2.13. The lowest BCUT2D eigenvalue weighted by Gasteiger charge is -2.18. The Balaban J connectivity index is 2.97. The smallest absolute Gasteiger partial charge is 0.142 e. The van der Waals surface area contributed by atoms with E-state index in [4.69, 9.17) is 14.2 Å². The first-order chi connectivity index (χ1) is 8.51. The molecule has 0 saturated heterocycles. The molecule has 0 bridgehead atoms. The summed E-state index contributed by atoms with van der Waals surface area (Å²) in [6.07, 6.45) is -0.656. The van der Waals surface area contributed by atoms with Crippen molar-refractivity contribution in [1.82, 2.24) is 0 Å². The molecule has 102 valence electrons. The van der Waals surface area contributed by atoms with Crippen molar-refractivity contribution >= 4 is 15.9 Å². The van der Waals surface area contributed by atoms with Gasteiger partial charge in [0.25, 0.3) is 0 Å². The van der Waals surface area contributed by atoms with Crippen molar-refractivity contribution < 1.29 is 19.3 Å². The van der Waals surface area contributed by atoms with E-state index in [-0.39, 0.29) is 12.7 Å². The van der Waals surface area contributed by atoms with Gasteiger partial charge in [-0.15, -0.1) is 0 Å². The number of methoxy groups -OCH3 is 2. The number of hydrogen-bond donors (Lipinski definition) is 1. The Morgan fingerprint density at radius 2 is 1.89 bits per heavy atom. The van der Waals surface area contributed by atoms with Crippen LogP contribution in [0.4, 0.5) is 0 Å². The van der Waals surface area contributed by atoms with E-state index in [1.54, 1.807) is 26.4 Å². The molecule has 1 aromatic rings. The highest BCUT2D eigenvalue weighted by atomic mass is 79.9. The number of hydrogen-bond acceptors (Lipinski definition) is 4. The molecular formula is C13H19BrO4. The fourth-order valence-corrected chi connectivity index (χ4v) is 2.24. The van der Waals surface area contributed by atoms with E-state index in [1.807, 2.05) is 13.8 Å². The standard InChI is InChI=1S/C13H19BrO4/c1-8(2)18-7-10(15)9-5-6-11(16-3)12(14)13(9)17-4/h5-6,8,10,15H,7H2,1-4H3. The van der Waals surface area contributed by atoms with E-state index >= 15 is 0 Å². The molecule has 0 saturated carbocycles. The van der Waals surface area contributed by atoms with Crippen LogP contribution in [0.3, 0.4) is 0 Å². The van der Waals surface area contributed by atoms with Gasteiger partial charge in [-0.3, -0.25) is 0 Å². The van der Waals surface area contributed by atoms with Gasteiger partial charge in [0.1, 0.15) is 22.1 Å². The van der Waals surface area contributed by atoms with Crippen molar-refractivity contribution in [2.45, 2.75) is 26.1 Å². The van der Waals surface area contributed by atoms with Gasteiger partial charge in [0.2, 0.25) is 0 Å². The predicted octanol–water partition coefficient (Wildman–Crippen LogP) is 2.92. The van der Waals surface area contributed by atoms with Gasteiger partial charge in [-0.25, -0.2) is 0 Å². The van der Waals surface area contributed by atoms with Crippen molar-refractivity contribution in [2.75, 3.05) is 20.8 Å². The molecule has 0 aliphatic carbocycles. The Morgan fingerprint density at radius 3 is 2.39 bits per heavy atom. The van der Waals surface area contributed by atoms with Crippen molar-refractivity contribution in [3.8, 4) is 11.5 Å². The van der Waals surface area contributed by atoms with Crippen LogP contribution in [0.25, 0.3) is 0 Å². The van der Waals surface area contributed by atoms with Crippen LogP contribution < -0.4 is 9.47 Å². The highest BCUT2D eigenvalue weighted by molar-refractivity contribution is 9.10. The maximum Gasteiger partial charge on any atom is 0.142 e. The third-order valence-corrected chi connectivity index (χ3v) is 3.21. The minimum Gasteiger partial charge on any atom is -0.495 e. The van der Waals surface area contributed by atoms with Crippen molar-refractivity contribution in [3.63, 3.8) is 0 Å². The fourth-order valence-electron chi connectivity index (χ4n) is 1.55. The predicted molar refractivity (Wildman–Crippen MR) is 73.3 cm³/mol. The van der Waals surface area contributed by atoms with Gasteiger partial charge in [0, 0.05) is 5.56 Å². The van der Waals surface area contributed by atoms with E-state index in [0.717, 1.165) is 0 Å². The number of aliphatic hydroxyl groups is 1. The lowest BCUT2D eigenvalue weighted by atomic mass is 10.1. The van der Waals surface area contributed by atoms with E-state index in [2.05, 4.69) is 15.9 Å². The largest absolute Gasteiger partial charge is 0.495 e. The molecule has 0 heterocycles. The Bertz CT molecular complexity index is 393. The first kappa shape index (κ1) is 15.3. The molecule has 0 radical (unpaired) electrons. The van der Waals surface area contributed by atoms with Crippen LogP contribution in [-0.4, -0.2) is 32.0 Å². The van der Waals surface area contributed by atoms with E-state index < -0.39 is 6.10 Å². The average molecular weight is 319 g/mol. The maximum atomic E-state index is 10.1. The van der Waals surface area contributed by atoms with Crippen LogP contribution in [0.5, 0.6) is 11.5 Å². The minimum absolute atomic E-state index is 0.0762. The third kappa shape index (κ3) is 3.60. The zero-order valence-corrected chi connectivity index (χ0v) is 12.7. The van der Waals surface area contributed by atoms with Crippen LogP contribution in [0.1, 0.15) is 25.5 Å². The molecule has 1 atom stereocenters. The third-order valence-electron chi connectivity index (χ3n) is 2.46. The van der Waals surface area contributed by atoms with Crippen LogP contribution in [0.2, 0.25) is 0 Å². The molecule has 1 N–H and O–H groups in total. The summed E-state index contributed by atoms with van der Waals surface area (Å²) >= 11 is 3.40. The van der Waals surface area contributed by atoms with Crippen molar-refractivity contribution in [3.05, 3.63) is 22.2 Å². The quantitative estimate of drug-likeness (QED) is 0.876. The normalized spacial score (nSPS) is 12.6. The van der Waals surface area contributed by atoms with Gasteiger partial charge in [-0.05, 0) is 41.9 Å². The zero-order valence-electron chi connectivity index (χ0n) is 11.1. The number of aliphatic hydroxyl groups excluding tert-OH is 1. The summed E-state index contributed by atoms with van der Waals surface area (Å²) in [5, 5.41) is 10.1. The maximum absolute atomic E-state index is 10.1. The number of benzene rings is 1. The van der Waals surface area contributed by atoms with Crippen molar-refractivity contribution in [2.24, 2.45) is 0 Å². The topological polar surface area (TPSA) is 47.9 Å². The summed E-state index contributed by atoms with van der Waals surface area (Å²) in [5.74, 6) is 1.22. The molecule has 0 aromatic heterocycles.